The molecule has 4 atom stereocenters. The van der Waals surface area contributed by atoms with Crippen LogP contribution in [0.2, 0.25) is 0 Å². The van der Waals surface area contributed by atoms with Crippen LogP contribution < -0.4 is 4.74 Å². The van der Waals surface area contributed by atoms with E-state index in [-0.39, 0.29) is 29.8 Å². The van der Waals surface area contributed by atoms with Crippen molar-refractivity contribution in [2.45, 2.75) is 46.4 Å². The molecular weight excluding hydrogens is 244 g/mol. The molecule has 19 heavy (non-hydrogen) atoms. The third kappa shape index (κ3) is 2.27. The number of nitrogens with zero attached hydrogens (tertiary/aromatic N) is 2. The van der Waals surface area contributed by atoms with Crippen LogP contribution in [0.3, 0.4) is 0 Å². The molecule has 0 radical (unpaired) electrons. The second-order valence-corrected chi connectivity index (χ2v) is 5.17. The summed E-state index contributed by atoms with van der Waals surface area (Å²) in [6.45, 7) is 8.65. The molecule has 0 spiro atoms. The standard InChI is InChI=1S/C14H22N2O3/c1-6-16-13(11(18-5)7-15-16)14(17)12-8(2)9(3)19-10(12)4/h7-10,12H,6H2,1-5H3. The van der Waals surface area contributed by atoms with Gasteiger partial charge in [0, 0.05) is 6.54 Å². The second kappa shape index (κ2) is 5.33. The molecule has 0 aromatic carbocycles. The van der Waals surface area contributed by atoms with Gasteiger partial charge in [0.15, 0.2) is 11.5 Å². The van der Waals surface area contributed by atoms with Crippen LogP contribution in [0.15, 0.2) is 6.20 Å². The molecule has 0 aliphatic carbocycles. The minimum absolute atomic E-state index is 0.0672. The highest BCUT2D eigenvalue weighted by molar-refractivity contribution is 5.99. The van der Waals surface area contributed by atoms with Gasteiger partial charge in [-0.05, 0) is 26.7 Å². The van der Waals surface area contributed by atoms with Crippen LogP contribution in [0.4, 0.5) is 0 Å². The lowest BCUT2D eigenvalue weighted by Crippen LogP contribution is -2.29. The fraction of sp³-hybridized carbons (Fsp3) is 0.714. The van der Waals surface area contributed by atoms with Gasteiger partial charge in [0.05, 0.1) is 31.4 Å². The number of rotatable bonds is 4. The van der Waals surface area contributed by atoms with E-state index in [9.17, 15) is 4.79 Å². The van der Waals surface area contributed by atoms with Crippen LogP contribution in [0.25, 0.3) is 0 Å². The molecule has 1 aliphatic rings. The predicted molar refractivity (Wildman–Crippen MR) is 71.4 cm³/mol. The lowest BCUT2D eigenvalue weighted by atomic mass is 9.84. The maximum absolute atomic E-state index is 12.8. The molecule has 1 aromatic rings. The zero-order valence-corrected chi connectivity index (χ0v) is 12.2. The molecule has 2 rings (SSSR count). The summed E-state index contributed by atoms with van der Waals surface area (Å²) in [6, 6.07) is 0. The Morgan fingerprint density at radius 3 is 2.58 bits per heavy atom. The van der Waals surface area contributed by atoms with Gasteiger partial charge in [-0.3, -0.25) is 9.48 Å². The van der Waals surface area contributed by atoms with Gasteiger partial charge in [-0.1, -0.05) is 6.92 Å². The van der Waals surface area contributed by atoms with E-state index in [0.29, 0.717) is 18.0 Å². The molecule has 0 bridgehead atoms. The number of carbonyl (C=O) groups excluding carboxylic acids is 1. The van der Waals surface area contributed by atoms with Crippen molar-refractivity contribution in [2.24, 2.45) is 11.8 Å². The zero-order chi connectivity index (χ0) is 14.2. The molecule has 0 amide bonds. The van der Waals surface area contributed by atoms with Crippen LogP contribution in [-0.4, -0.2) is 34.9 Å². The van der Waals surface area contributed by atoms with Crippen LogP contribution in [-0.2, 0) is 11.3 Å². The van der Waals surface area contributed by atoms with Crippen molar-refractivity contribution in [1.29, 1.82) is 0 Å². The highest BCUT2D eigenvalue weighted by Crippen LogP contribution is 2.36. The fourth-order valence-corrected chi connectivity index (χ4v) is 2.88. The summed E-state index contributed by atoms with van der Waals surface area (Å²) in [5.41, 5.74) is 0.561. The van der Waals surface area contributed by atoms with E-state index in [1.807, 2.05) is 20.8 Å². The average molecular weight is 266 g/mol. The topological polar surface area (TPSA) is 53.4 Å². The molecule has 5 nitrogen and oxygen atoms in total. The number of Topliss-reactive ketones (excluding diaryl/α,β-unsaturated/α-hetero) is 1. The Morgan fingerprint density at radius 1 is 1.42 bits per heavy atom. The maximum atomic E-state index is 12.8. The molecule has 1 aliphatic heterocycles. The summed E-state index contributed by atoms with van der Waals surface area (Å²) in [4.78, 5) is 12.8. The van der Waals surface area contributed by atoms with Gasteiger partial charge in [0.1, 0.15) is 5.69 Å². The number of ether oxygens (including phenoxy) is 2. The number of aryl methyl sites for hydroxylation is 1. The van der Waals surface area contributed by atoms with Gasteiger partial charge in [0.2, 0.25) is 0 Å². The SMILES string of the molecule is CCn1ncc(OC)c1C(=O)C1C(C)OC(C)C1C. The predicted octanol–water partition coefficient (Wildman–Crippen LogP) is 2.15. The van der Waals surface area contributed by atoms with Gasteiger partial charge in [-0.2, -0.15) is 5.10 Å². The molecular formula is C14H22N2O3. The van der Waals surface area contributed by atoms with Gasteiger partial charge in [0.25, 0.3) is 0 Å². The number of carbonyl (C=O) groups is 1. The average Bonchev–Trinajstić information content (AvgIpc) is 2.90. The van der Waals surface area contributed by atoms with E-state index >= 15 is 0 Å². The second-order valence-electron chi connectivity index (χ2n) is 5.17. The van der Waals surface area contributed by atoms with Crippen molar-refractivity contribution < 1.29 is 14.3 Å². The molecule has 2 heterocycles. The highest BCUT2D eigenvalue weighted by Gasteiger charge is 2.43. The van der Waals surface area contributed by atoms with E-state index in [1.165, 1.54) is 0 Å². The lowest BCUT2D eigenvalue weighted by molar-refractivity contribution is 0.0488. The Hall–Kier alpha value is -1.36. The molecule has 1 fully saturated rings. The Bertz CT molecular complexity index is 448. The highest BCUT2D eigenvalue weighted by atomic mass is 16.5. The van der Waals surface area contributed by atoms with E-state index in [0.717, 1.165) is 0 Å². The zero-order valence-electron chi connectivity index (χ0n) is 12.2. The monoisotopic (exact) mass is 266 g/mol. The Balaban J connectivity index is 2.36. The van der Waals surface area contributed by atoms with Crippen LogP contribution in [0.5, 0.6) is 5.75 Å². The van der Waals surface area contributed by atoms with Gasteiger partial charge in [-0.15, -0.1) is 0 Å². The van der Waals surface area contributed by atoms with Gasteiger partial charge in [-0.25, -0.2) is 0 Å². The minimum Gasteiger partial charge on any atom is -0.493 e. The van der Waals surface area contributed by atoms with Crippen molar-refractivity contribution in [3.05, 3.63) is 11.9 Å². The summed E-state index contributed by atoms with van der Waals surface area (Å²) in [6.07, 6.45) is 1.64. The quantitative estimate of drug-likeness (QED) is 0.784. The third-order valence-electron chi connectivity index (χ3n) is 4.10. The summed E-state index contributed by atoms with van der Waals surface area (Å²) >= 11 is 0. The molecule has 4 unspecified atom stereocenters. The molecule has 0 N–H and O–H groups in total. The van der Waals surface area contributed by atoms with Crippen LogP contribution in [0, 0.1) is 11.8 Å². The molecule has 0 saturated carbocycles. The number of hydrogen-bond donors (Lipinski definition) is 0. The number of ketones is 1. The summed E-state index contributed by atoms with van der Waals surface area (Å²) < 4.78 is 12.7. The first-order valence-corrected chi connectivity index (χ1v) is 6.80. The summed E-state index contributed by atoms with van der Waals surface area (Å²) in [5.74, 6) is 0.685. The summed E-state index contributed by atoms with van der Waals surface area (Å²) in [7, 11) is 1.56. The first kappa shape index (κ1) is 14.1. The lowest BCUT2D eigenvalue weighted by Gasteiger charge is -2.18. The van der Waals surface area contributed by atoms with Crippen molar-refractivity contribution in [3.63, 3.8) is 0 Å². The number of methoxy groups -OCH3 is 1. The van der Waals surface area contributed by atoms with Crippen molar-refractivity contribution in [1.82, 2.24) is 9.78 Å². The van der Waals surface area contributed by atoms with E-state index in [4.69, 9.17) is 9.47 Å². The van der Waals surface area contributed by atoms with Gasteiger partial charge < -0.3 is 9.47 Å². The van der Waals surface area contributed by atoms with Gasteiger partial charge >= 0.3 is 0 Å². The Labute approximate surface area is 113 Å². The largest absolute Gasteiger partial charge is 0.493 e. The minimum atomic E-state index is -0.133. The fourth-order valence-electron chi connectivity index (χ4n) is 2.88. The Morgan fingerprint density at radius 2 is 2.11 bits per heavy atom. The van der Waals surface area contributed by atoms with E-state index < -0.39 is 0 Å². The normalized spacial score (nSPS) is 30.6. The summed E-state index contributed by atoms with van der Waals surface area (Å²) in [5, 5.41) is 4.20. The molecule has 1 aromatic heterocycles. The Kier molecular flexibility index (Phi) is 3.94. The first-order valence-electron chi connectivity index (χ1n) is 6.80. The smallest absolute Gasteiger partial charge is 0.190 e. The first-order chi connectivity index (χ1) is 9.01. The molecule has 106 valence electrons. The molecule has 5 heteroatoms. The van der Waals surface area contributed by atoms with E-state index in [1.54, 1.807) is 18.0 Å². The third-order valence-corrected chi connectivity index (χ3v) is 4.10. The van der Waals surface area contributed by atoms with Crippen LogP contribution in [0.1, 0.15) is 38.2 Å². The number of hydrogen-bond acceptors (Lipinski definition) is 4. The van der Waals surface area contributed by atoms with Crippen molar-refractivity contribution >= 4 is 5.78 Å². The number of aromatic nitrogens is 2. The van der Waals surface area contributed by atoms with E-state index in [2.05, 4.69) is 12.0 Å². The van der Waals surface area contributed by atoms with Crippen molar-refractivity contribution in [3.8, 4) is 5.75 Å². The maximum Gasteiger partial charge on any atom is 0.190 e. The molecule has 1 saturated heterocycles. The van der Waals surface area contributed by atoms with Crippen LogP contribution >= 0.6 is 0 Å². The van der Waals surface area contributed by atoms with Crippen molar-refractivity contribution in [2.75, 3.05) is 7.11 Å².